The molecular weight excluding hydrogens is 472 g/mol. The number of carbonyl (C=O) groups excluding carboxylic acids is 4. The quantitative estimate of drug-likeness (QED) is 0.187. The summed E-state index contributed by atoms with van der Waals surface area (Å²) in [6.45, 7) is 0.972. The van der Waals surface area contributed by atoms with Crippen LogP contribution in [0.4, 0.5) is 11.4 Å². The predicted molar refractivity (Wildman–Crippen MR) is 123 cm³/mol. The van der Waals surface area contributed by atoms with E-state index in [1.807, 2.05) is 0 Å². The van der Waals surface area contributed by atoms with Crippen molar-refractivity contribution in [2.24, 2.45) is 17.8 Å². The van der Waals surface area contributed by atoms with Gasteiger partial charge in [-0.1, -0.05) is 31.2 Å². The summed E-state index contributed by atoms with van der Waals surface area (Å²) >= 11 is 0. The van der Waals surface area contributed by atoms with Gasteiger partial charge in [0.1, 0.15) is 12.1 Å². The van der Waals surface area contributed by atoms with Gasteiger partial charge in [0.2, 0.25) is 0 Å². The van der Waals surface area contributed by atoms with Crippen LogP contribution >= 0.6 is 0 Å². The standard InChI is InChI=1S/C24H20N4O8/c1-14-5-4-7-18-21(14)24(32)26(23(18)31)25(22(30)17-6-2-3-8-19(17)28(35)36)13-20(29)15-9-11-16(12-10-15)27(33)34/h2-6,8-12,14,18,21H,7,13H2,1H3/t14-,18-,21+/m1/s1. The van der Waals surface area contributed by atoms with Crippen LogP contribution in [0, 0.1) is 38.0 Å². The van der Waals surface area contributed by atoms with Gasteiger partial charge in [-0.15, -0.1) is 0 Å². The Labute approximate surface area is 204 Å². The monoisotopic (exact) mass is 492 g/mol. The van der Waals surface area contributed by atoms with E-state index in [1.165, 1.54) is 30.3 Å². The number of ketones is 1. The minimum absolute atomic E-state index is 0.00694. The molecule has 0 saturated carbocycles. The maximum Gasteiger partial charge on any atom is 0.282 e. The average Bonchev–Trinajstić information content (AvgIpc) is 3.12. The highest BCUT2D eigenvalue weighted by Crippen LogP contribution is 2.39. The lowest BCUT2D eigenvalue weighted by atomic mass is 9.78. The number of hydrazine groups is 1. The molecule has 1 fully saturated rings. The van der Waals surface area contributed by atoms with Crippen molar-refractivity contribution in [1.82, 2.24) is 10.0 Å². The molecule has 1 aliphatic heterocycles. The summed E-state index contributed by atoms with van der Waals surface area (Å²) in [6, 6.07) is 9.60. The number of nitro groups is 2. The summed E-state index contributed by atoms with van der Waals surface area (Å²) in [7, 11) is 0. The first-order valence-corrected chi connectivity index (χ1v) is 11.0. The highest BCUT2D eigenvalue weighted by molar-refractivity contribution is 6.10. The zero-order valence-electron chi connectivity index (χ0n) is 19.0. The second kappa shape index (κ2) is 9.49. The largest absolute Gasteiger partial charge is 0.292 e. The van der Waals surface area contributed by atoms with Gasteiger partial charge in [0, 0.05) is 23.8 Å². The molecule has 4 rings (SSSR count). The molecule has 3 amide bonds. The van der Waals surface area contributed by atoms with Gasteiger partial charge in [-0.25, -0.2) is 5.01 Å². The summed E-state index contributed by atoms with van der Waals surface area (Å²) in [5.41, 5.74) is -1.22. The van der Waals surface area contributed by atoms with Gasteiger partial charge < -0.3 is 0 Å². The van der Waals surface area contributed by atoms with Crippen LogP contribution in [0.25, 0.3) is 0 Å². The van der Waals surface area contributed by atoms with Crippen molar-refractivity contribution >= 4 is 34.9 Å². The molecule has 1 heterocycles. The molecule has 3 atom stereocenters. The smallest absolute Gasteiger partial charge is 0.282 e. The molecule has 0 spiro atoms. The number of amides is 3. The minimum Gasteiger partial charge on any atom is -0.292 e. The Morgan fingerprint density at radius 3 is 2.28 bits per heavy atom. The summed E-state index contributed by atoms with van der Waals surface area (Å²) in [5.74, 6) is -4.91. The van der Waals surface area contributed by atoms with Crippen molar-refractivity contribution in [2.45, 2.75) is 13.3 Å². The molecule has 0 aromatic heterocycles. The molecule has 2 aromatic carbocycles. The van der Waals surface area contributed by atoms with Gasteiger partial charge in [-0.3, -0.25) is 39.4 Å². The second-order valence-corrected chi connectivity index (χ2v) is 8.51. The summed E-state index contributed by atoms with van der Waals surface area (Å²) in [6.07, 6.45) is 3.85. The lowest BCUT2D eigenvalue weighted by molar-refractivity contribution is -0.385. The first-order valence-electron chi connectivity index (χ1n) is 11.0. The number of imide groups is 1. The number of nitro benzene ring substituents is 2. The Morgan fingerprint density at radius 2 is 1.67 bits per heavy atom. The number of carbonyl (C=O) groups is 4. The number of nitrogens with zero attached hydrogens (tertiary/aromatic N) is 4. The van der Waals surface area contributed by atoms with E-state index in [9.17, 15) is 39.4 Å². The number of para-hydroxylation sites is 1. The van der Waals surface area contributed by atoms with Crippen LogP contribution in [0.3, 0.4) is 0 Å². The zero-order valence-corrected chi connectivity index (χ0v) is 19.0. The van der Waals surface area contributed by atoms with Crippen LogP contribution in [-0.2, 0) is 9.59 Å². The Hall–Kier alpha value is -4.74. The molecule has 1 saturated heterocycles. The third-order valence-corrected chi connectivity index (χ3v) is 6.35. The molecule has 2 aromatic rings. The van der Waals surface area contributed by atoms with Crippen molar-refractivity contribution in [3.63, 3.8) is 0 Å². The van der Waals surface area contributed by atoms with Crippen LogP contribution in [0.1, 0.15) is 34.1 Å². The van der Waals surface area contributed by atoms with E-state index in [-0.39, 0.29) is 23.6 Å². The minimum atomic E-state index is -1.07. The Morgan fingerprint density at radius 1 is 1.00 bits per heavy atom. The third-order valence-electron chi connectivity index (χ3n) is 6.35. The maximum atomic E-state index is 13.6. The SMILES string of the molecule is C[C@@H]1C=CC[C@H]2C(=O)N(N(CC(=O)c3ccc([N+](=O)[O-])cc3)C(=O)c3ccccc3[N+](=O)[O-])C(=O)[C@@H]12. The van der Waals surface area contributed by atoms with Crippen LogP contribution < -0.4 is 0 Å². The summed E-state index contributed by atoms with van der Waals surface area (Å²) < 4.78 is 0. The summed E-state index contributed by atoms with van der Waals surface area (Å²) in [5, 5.41) is 23.7. The predicted octanol–water partition coefficient (Wildman–Crippen LogP) is 2.94. The fourth-order valence-electron chi connectivity index (χ4n) is 4.55. The molecule has 0 bridgehead atoms. The van der Waals surface area contributed by atoms with Gasteiger partial charge in [0.15, 0.2) is 5.78 Å². The first-order chi connectivity index (χ1) is 17.1. The van der Waals surface area contributed by atoms with E-state index >= 15 is 0 Å². The van der Waals surface area contributed by atoms with E-state index in [0.29, 0.717) is 10.0 Å². The Kier molecular flexibility index (Phi) is 6.43. The van der Waals surface area contributed by atoms with Gasteiger partial charge in [-0.2, -0.15) is 5.01 Å². The van der Waals surface area contributed by atoms with Crippen molar-refractivity contribution in [2.75, 3.05) is 6.54 Å². The maximum absolute atomic E-state index is 13.6. The Bertz CT molecular complexity index is 1320. The second-order valence-electron chi connectivity index (χ2n) is 8.51. The zero-order chi connectivity index (χ0) is 26.1. The van der Waals surface area contributed by atoms with E-state index < -0.39 is 63.0 Å². The number of hydrogen-bond acceptors (Lipinski definition) is 8. The molecule has 12 heteroatoms. The summed E-state index contributed by atoms with van der Waals surface area (Å²) in [4.78, 5) is 74.3. The van der Waals surface area contributed by atoms with Crippen LogP contribution in [0.5, 0.6) is 0 Å². The molecule has 0 unspecified atom stereocenters. The molecule has 0 radical (unpaired) electrons. The van der Waals surface area contributed by atoms with Gasteiger partial charge in [0.25, 0.3) is 29.1 Å². The molecule has 184 valence electrons. The number of rotatable bonds is 7. The van der Waals surface area contributed by atoms with Gasteiger partial charge >= 0.3 is 0 Å². The Balaban J connectivity index is 1.74. The van der Waals surface area contributed by atoms with Gasteiger partial charge in [-0.05, 0) is 30.5 Å². The number of hydrogen-bond donors (Lipinski definition) is 0. The molecule has 0 N–H and O–H groups in total. The highest BCUT2D eigenvalue weighted by atomic mass is 16.6. The van der Waals surface area contributed by atoms with E-state index in [2.05, 4.69) is 0 Å². The van der Waals surface area contributed by atoms with Crippen LogP contribution in [-0.4, -0.2) is 49.9 Å². The fraction of sp³-hybridized carbons (Fsp3) is 0.250. The molecule has 1 aliphatic carbocycles. The van der Waals surface area contributed by atoms with Crippen molar-refractivity contribution < 1.29 is 29.0 Å². The molecule has 36 heavy (non-hydrogen) atoms. The fourth-order valence-corrected chi connectivity index (χ4v) is 4.55. The number of non-ortho nitro benzene ring substituents is 1. The highest BCUT2D eigenvalue weighted by Gasteiger charge is 2.53. The first kappa shape index (κ1) is 24.4. The van der Waals surface area contributed by atoms with E-state index in [0.717, 1.165) is 18.2 Å². The lowest BCUT2D eigenvalue weighted by Gasteiger charge is -2.30. The number of Topliss-reactive ketones (excluding diaryl/α,β-unsaturated/α-hetero) is 1. The van der Waals surface area contributed by atoms with Crippen molar-refractivity contribution in [1.29, 1.82) is 0 Å². The number of allylic oxidation sites excluding steroid dienone is 2. The van der Waals surface area contributed by atoms with Crippen LogP contribution in [0.2, 0.25) is 0 Å². The van der Waals surface area contributed by atoms with Crippen molar-refractivity contribution in [3.05, 3.63) is 92.0 Å². The van der Waals surface area contributed by atoms with Crippen LogP contribution in [0.15, 0.2) is 60.7 Å². The molecule has 12 nitrogen and oxygen atoms in total. The van der Waals surface area contributed by atoms with E-state index in [1.54, 1.807) is 19.1 Å². The number of fused-ring (bicyclic) bond motifs is 1. The normalized spacial score (nSPS) is 20.7. The lowest BCUT2D eigenvalue weighted by Crippen LogP contribution is -2.52. The van der Waals surface area contributed by atoms with Crippen molar-refractivity contribution in [3.8, 4) is 0 Å². The topological polar surface area (TPSA) is 161 Å². The molecular formula is C24H20N4O8. The van der Waals surface area contributed by atoms with Gasteiger partial charge in [0.05, 0.1) is 21.7 Å². The third kappa shape index (κ3) is 4.24. The average molecular weight is 492 g/mol. The van der Waals surface area contributed by atoms with E-state index in [4.69, 9.17) is 0 Å². The molecule has 2 aliphatic rings. The number of benzene rings is 2.